The molecule has 71 heavy (non-hydrogen) atoms. The fourth-order valence-electron chi connectivity index (χ4n) is 20.7. The maximum absolute atomic E-state index is 2.45. The number of hydrogen-bond acceptors (Lipinski definition) is 0. The van der Waals surface area contributed by atoms with Crippen molar-refractivity contribution in [2.75, 3.05) is 0 Å². The molecule has 14 fully saturated rings. The summed E-state index contributed by atoms with van der Waals surface area (Å²) in [7, 11) is 0. The lowest BCUT2D eigenvalue weighted by molar-refractivity contribution is -0.0443. The van der Waals surface area contributed by atoms with Crippen molar-refractivity contribution in [1.82, 2.24) is 0 Å². The molecule has 14 rings (SSSR count). The van der Waals surface area contributed by atoms with Gasteiger partial charge >= 0.3 is 0 Å². The van der Waals surface area contributed by atoms with Gasteiger partial charge in [-0.15, -0.1) is 0 Å². The minimum Gasteiger partial charge on any atom is -0.0776 e. The Morgan fingerprint density at radius 1 is 0.183 bits per heavy atom. The third kappa shape index (κ3) is 15.8. The molecule has 10 bridgehead atoms. The largest absolute Gasteiger partial charge is 0.0776 e. The fraction of sp³-hybridized carbons (Fsp3) is 1.00. The molecule has 0 heterocycles. The minimum atomic E-state index is 0. The fourth-order valence-corrected chi connectivity index (χ4v) is 20.7. The van der Waals surface area contributed by atoms with Crippen LogP contribution >= 0.6 is 0 Å². The summed E-state index contributed by atoms with van der Waals surface area (Å²) in [5, 5.41) is 0. The molecule has 428 valence electrons. The Bertz CT molecular complexity index is 1250. The molecule has 0 saturated heterocycles. The zero-order valence-corrected chi connectivity index (χ0v) is 47.9. The van der Waals surface area contributed by atoms with E-state index in [0.29, 0.717) is 0 Å². The van der Waals surface area contributed by atoms with Crippen LogP contribution < -0.4 is 0 Å². The van der Waals surface area contributed by atoms with Crippen LogP contribution in [0.15, 0.2) is 0 Å². The zero-order chi connectivity index (χ0) is 47.9. The van der Waals surface area contributed by atoms with E-state index < -0.39 is 0 Å². The van der Waals surface area contributed by atoms with Crippen molar-refractivity contribution in [3.63, 3.8) is 0 Å². The predicted molar refractivity (Wildman–Crippen MR) is 328 cm³/mol. The standard InChI is InChI=1S/C14H26.3C13H24.C12H22.6CH4/c1-9(2)13-11-5-7-12(8-6-11)14(13)10(3)4;2*1-8(2)12-7-10-5-11(6-10)13(12)9(3)4;1-8(2)12-10-5-6-11(7-10)13(12)9(3)4;1-7(2)11-9-5-10(6-9)12(11)8(3)4;;;;;;/h9-14H,5-8H2,1-4H3;3*8-13H,5-7H2,1-4H3;7-12H,5-6H2,1-4H3;6*1H4. The molecule has 12 unspecified atom stereocenters. The van der Waals surface area contributed by atoms with Gasteiger partial charge in [0.25, 0.3) is 0 Å². The van der Waals surface area contributed by atoms with Gasteiger partial charge in [-0.25, -0.2) is 0 Å². The second-order valence-corrected chi connectivity index (χ2v) is 30.1. The molecule has 0 nitrogen and oxygen atoms in total. The van der Waals surface area contributed by atoms with Gasteiger partial charge in [-0.05, 0) is 274 Å². The van der Waals surface area contributed by atoms with Crippen LogP contribution in [0.2, 0.25) is 0 Å². The van der Waals surface area contributed by atoms with Gasteiger partial charge in [-0.3, -0.25) is 0 Å². The van der Waals surface area contributed by atoms with E-state index in [9.17, 15) is 0 Å². The second-order valence-electron chi connectivity index (χ2n) is 30.1. The molecule has 0 heteroatoms. The second kappa shape index (κ2) is 30.2. The summed E-state index contributed by atoms with van der Waals surface area (Å²) in [6.07, 6.45) is 23.2. The van der Waals surface area contributed by atoms with Crippen molar-refractivity contribution < 1.29 is 0 Å². The number of hydrogen-bond donors (Lipinski definition) is 0. The number of rotatable bonds is 10. The first-order valence-electron chi connectivity index (χ1n) is 30.5. The molecule has 0 aromatic heterocycles. The lowest BCUT2D eigenvalue weighted by Gasteiger charge is -2.54. The Morgan fingerprint density at radius 3 is 0.577 bits per heavy atom. The van der Waals surface area contributed by atoms with Crippen LogP contribution in [0.4, 0.5) is 0 Å². The van der Waals surface area contributed by atoms with Gasteiger partial charge in [-0.1, -0.05) is 183 Å². The topological polar surface area (TPSA) is 0 Å². The summed E-state index contributed by atoms with van der Waals surface area (Å²) < 4.78 is 0. The maximum Gasteiger partial charge on any atom is -0.0329 e. The Kier molecular flexibility index (Phi) is 30.2. The van der Waals surface area contributed by atoms with Crippen LogP contribution in [-0.2, 0) is 0 Å². The summed E-state index contributed by atoms with van der Waals surface area (Å²) in [5.41, 5.74) is 0. The first kappa shape index (κ1) is 71.0. The highest BCUT2D eigenvalue weighted by Gasteiger charge is 2.54. The average Bonchev–Trinajstić information content (AvgIpc) is 4.01. The van der Waals surface area contributed by atoms with Crippen LogP contribution in [0, 0.1) is 178 Å². The highest BCUT2D eigenvalue weighted by atomic mass is 14.6. The maximum atomic E-state index is 2.45. The Morgan fingerprint density at radius 2 is 0.366 bits per heavy atom. The van der Waals surface area contributed by atoms with Gasteiger partial charge in [-0.2, -0.15) is 0 Å². The Labute approximate surface area is 454 Å². The predicted octanol–water partition coefficient (Wildman–Crippen LogP) is 23.6. The van der Waals surface area contributed by atoms with E-state index in [1.165, 1.54) is 51.4 Å². The lowest BCUT2D eigenvalue weighted by atomic mass is 9.51. The Hall–Kier alpha value is 0. The van der Waals surface area contributed by atoms with E-state index >= 15 is 0 Å². The van der Waals surface area contributed by atoms with E-state index in [-0.39, 0.29) is 44.6 Å². The molecule has 0 aliphatic heterocycles. The SMILES string of the molecule is C.C.C.C.C.C.CC(C)C1C2CC(C2)C1C(C)C.CC(C)C1C2CCC(C2)C1C(C)C.CC(C)C1C2CCC(CC2)C1C(C)C.CC(C)C1CC2CC(C2)C1C(C)C.CC(C)C1CC2CC(C2)C1C(C)C. The normalized spacial score (nSPS) is 40.1. The molecule has 0 radical (unpaired) electrons. The highest BCUT2D eigenvalue weighted by molar-refractivity contribution is 5.03. The molecule has 0 amide bonds. The van der Waals surface area contributed by atoms with Gasteiger partial charge in [0.1, 0.15) is 0 Å². The van der Waals surface area contributed by atoms with Crippen molar-refractivity contribution in [1.29, 1.82) is 0 Å². The van der Waals surface area contributed by atoms with Crippen LogP contribution in [0.1, 0.15) is 279 Å². The van der Waals surface area contributed by atoms with Crippen LogP contribution in [0.5, 0.6) is 0 Å². The molecule has 14 saturated carbocycles. The van der Waals surface area contributed by atoms with Crippen molar-refractivity contribution in [3.05, 3.63) is 0 Å². The van der Waals surface area contributed by atoms with Crippen LogP contribution in [-0.4, -0.2) is 0 Å². The molecule has 14 aliphatic carbocycles. The summed E-state index contributed by atoms with van der Waals surface area (Å²) >= 11 is 0. The van der Waals surface area contributed by atoms with Gasteiger partial charge in [0.15, 0.2) is 0 Å². The number of fused-ring (bicyclic) bond motifs is 10. The van der Waals surface area contributed by atoms with E-state index in [4.69, 9.17) is 0 Å². The quantitative estimate of drug-likeness (QED) is 0.205. The highest BCUT2D eigenvalue weighted by Crippen LogP contribution is 2.62. The molecule has 0 N–H and O–H groups in total. The molecule has 0 spiro atoms. The summed E-state index contributed by atoms with van der Waals surface area (Å²) in [4.78, 5) is 0. The van der Waals surface area contributed by atoms with Crippen LogP contribution in [0.3, 0.4) is 0 Å². The van der Waals surface area contributed by atoms with E-state index in [1.54, 1.807) is 44.9 Å². The van der Waals surface area contributed by atoms with Crippen molar-refractivity contribution in [3.8, 4) is 0 Å². The van der Waals surface area contributed by atoms with Crippen molar-refractivity contribution in [2.45, 2.75) is 279 Å². The Balaban J connectivity index is 0.000000845. The van der Waals surface area contributed by atoms with E-state index in [1.807, 2.05) is 0 Å². The molecule has 14 aliphatic rings. The molecule has 0 aromatic rings. The molecule has 0 aromatic carbocycles. The molecular weight excluding hydrogens is 853 g/mol. The zero-order valence-electron chi connectivity index (χ0n) is 47.9. The van der Waals surface area contributed by atoms with E-state index in [2.05, 4.69) is 138 Å². The third-order valence-corrected chi connectivity index (χ3v) is 22.8. The van der Waals surface area contributed by atoms with Gasteiger partial charge in [0, 0.05) is 0 Å². The summed E-state index contributed by atoms with van der Waals surface area (Å²) in [6, 6.07) is 0. The van der Waals surface area contributed by atoms with Gasteiger partial charge in [0.2, 0.25) is 0 Å². The molecule has 12 atom stereocenters. The van der Waals surface area contributed by atoms with E-state index in [0.717, 1.165) is 178 Å². The first-order chi connectivity index (χ1) is 30.5. The van der Waals surface area contributed by atoms with Gasteiger partial charge < -0.3 is 0 Å². The average molecular weight is 998 g/mol. The summed E-state index contributed by atoms with van der Waals surface area (Å²) in [6.45, 7) is 48.6. The van der Waals surface area contributed by atoms with Crippen molar-refractivity contribution in [2.24, 2.45) is 178 Å². The monoisotopic (exact) mass is 997 g/mol. The smallest absolute Gasteiger partial charge is 0.0329 e. The van der Waals surface area contributed by atoms with Crippen LogP contribution in [0.25, 0.3) is 0 Å². The van der Waals surface area contributed by atoms with Crippen molar-refractivity contribution >= 4 is 0 Å². The molecular formula is C71H144. The summed E-state index contributed by atoms with van der Waals surface area (Å²) in [5.74, 6) is 30.7. The third-order valence-electron chi connectivity index (χ3n) is 22.8. The lowest BCUT2D eigenvalue weighted by Crippen LogP contribution is -2.46. The minimum absolute atomic E-state index is 0. The van der Waals surface area contributed by atoms with Gasteiger partial charge in [0.05, 0.1) is 0 Å². The first-order valence-corrected chi connectivity index (χ1v) is 30.5.